The summed E-state index contributed by atoms with van der Waals surface area (Å²) in [6.45, 7) is 0. The Morgan fingerprint density at radius 1 is 1.26 bits per heavy atom. The molecule has 0 spiro atoms. The summed E-state index contributed by atoms with van der Waals surface area (Å²) >= 11 is 13.6. The molecule has 0 atom stereocenters. The molecule has 0 saturated heterocycles. The summed E-state index contributed by atoms with van der Waals surface area (Å²) in [7, 11) is 0. The molecule has 0 aliphatic heterocycles. The van der Waals surface area contributed by atoms with E-state index in [0.29, 0.717) is 26.8 Å². The minimum atomic E-state index is 0.388. The number of hydrogen-bond donors (Lipinski definition) is 1. The first-order valence-corrected chi connectivity index (χ1v) is 6.78. The SMILES string of the molecule is Clc1cccc(-n2nnnc2Nc2nccs2)c1Cl. The van der Waals surface area contributed by atoms with E-state index < -0.39 is 0 Å². The Labute approximate surface area is 122 Å². The van der Waals surface area contributed by atoms with Crippen molar-refractivity contribution in [3.8, 4) is 5.69 Å². The summed E-state index contributed by atoms with van der Waals surface area (Å²) in [6, 6.07) is 5.25. The molecule has 0 saturated carbocycles. The Hall–Kier alpha value is -1.70. The molecule has 0 radical (unpaired) electrons. The Bertz CT molecular complexity index is 696. The van der Waals surface area contributed by atoms with E-state index in [9.17, 15) is 0 Å². The summed E-state index contributed by atoms with van der Waals surface area (Å²) in [5.74, 6) is 0.416. The molecule has 0 fully saturated rings. The van der Waals surface area contributed by atoms with Crippen molar-refractivity contribution in [1.29, 1.82) is 0 Å². The van der Waals surface area contributed by atoms with Crippen LogP contribution in [0.1, 0.15) is 0 Å². The van der Waals surface area contributed by atoms with Gasteiger partial charge >= 0.3 is 0 Å². The lowest BCUT2D eigenvalue weighted by molar-refractivity contribution is 0.791. The van der Waals surface area contributed by atoms with E-state index in [0.717, 1.165) is 0 Å². The molecule has 0 aliphatic rings. The monoisotopic (exact) mass is 312 g/mol. The lowest BCUT2D eigenvalue weighted by Gasteiger charge is -2.07. The van der Waals surface area contributed by atoms with Crippen LogP contribution in [0.4, 0.5) is 11.1 Å². The maximum atomic E-state index is 6.15. The predicted molar refractivity (Wildman–Crippen MR) is 74.6 cm³/mol. The average Bonchev–Trinajstić information content (AvgIpc) is 3.05. The molecule has 0 unspecified atom stereocenters. The molecule has 96 valence electrons. The van der Waals surface area contributed by atoms with Crippen molar-refractivity contribution in [1.82, 2.24) is 25.2 Å². The standard InChI is InChI=1S/C10H6Cl2N6S/c11-6-2-1-3-7(8(6)12)18-9(15-16-17-18)14-10-13-4-5-19-10/h1-5H,(H,13,14,15,17). The number of thiazole rings is 1. The highest BCUT2D eigenvalue weighted by atomic mass is 35.5. The fraction of sp³-hybridized carbons (Fsp3) is 0. The zero-order chi connectivity index (χ0) is 13.2. The number of rotatable bonds is 3. The van der Waals surface area contributed by atoms with Crippen LogP contribution in [-0.2, 0) is 0 Å². The third kappa shape index (κ3) is 2.40. The van der Waals surface area contributed by atoms with E-state index in [-0.39, 0.29) is 0 Å². The van der Waals surface area contributed by atoms with E-state index in [1.807, 2.05) is 5.38 Å². The molecule has 2 heterocycles. The van der Waals surface area contributed by atoms with E-state index >= 15 is 0 Å². The molecular formula is C10H6Cl2N6S. The Kier molecular flexibility index (Phi) is 3.33. The predicted octanol–water partition coefficient (Wildman–Crippen LogP) is 3.17. The number of anilines is 2. The topological polar surface area (TPSA) is 68.5 Å². The fourth-order valence-corrected chi connectivity index (χ4v) is 2.36. The summed E-state index contributed by atoms with van der Waals surface area (Å²) in [5.41, 5.74) is 0.596. The van der Waals surface area contributed by atoms with Gasteiger partial charge in [-0.25, -0.2) is 4.98 Å². The summed E-state index contributed by atoms with van der Waals surface area (Å²) in [6.07, 6.45) is 1.69. The quantitative estimate of drug-likeness (QED) is 0.804. The van der Waals surface area contributed by atoms with E-state index in [2.05, 4.69) is 25.8 Å². The van der Waals surface area contributed by atoms with Crippen molar-refractivity contribution in [2.24, 2.45) is 0 Å². The number of halogens is 2. The minimum absolute atomic E-state index is 0.388. The zero-order valence-corrected chi connectivity index (χ0v) is 11.6. The second kappa shape index (κ2) is 5.12. The van der Waals surface area contributed by atoms with Crippen molar-refractivity contribution >= 4 is 45.6 Å². The van der Waals surface area contributed by atoms with Crippen LogP contribution in [0.5, 0.6) is 0 Å². The number of benzene rings is 1. The minimum Gasteiger partial charge on any atom is -0.299 e. The highest BCUT2D eigenvalue weighted by Crippen LogP contribution is 2.29. The maximum absolute atomic E-state index is 6.15. The van der Waals surface area contributed by atoms with Crippen molar-refractivity contribution in [3.05, 3.63) is 39.8 Å². The van der Waals surface area contributed by atoms with Gasteiger partial charge in [-0.2, -0.15) is 4.68 Å². The van der Waals surface area contributed by atoms with Crippen LogP contribution in [0.15, 0.2) is 29.8 Å². The highest BCUT2D eigenvalue weighted by molar-refractivity contribution is 7.13. The Morgan fingerprint density at radius 3 is 2.95 bits per heavy atom. The van der Waals surface area contributed by atoms with Crippen molar-refractivity contribution in [3.63, 3.8) is 0 Å². The lowest BCUT2D eigenvalue weighted by Crippen LogP contribution is -2.04. The molecule has 9 heteroatoms. The van der Waals surface area contributed by atoms with Crippen LogP contribution in [0.25, 0.3) is 5.69 Å². The molecule has 1 N–H and O–H groups in total. The van der Waals surface area contributed by atoms with E-state index in [4.69, 9.17) is 23.2 Å². The van der Waals surface area contributed by atoms with Gasteiger partial charge in [0.2, 0.25) is 0 Å². The van der Waals surface area contributed by atoms with Crippen LogP contribution < -0.4 is 5.32 Å². The summed E-state index contributed by atoms with van der Waals surface area (Å²) in [5, 5.41) is 17.8. The van der Waals surface area contributed by atoms with Gasteiger partial charge in [-0.15, -0.1) is 11.3 Å². The highest BCUT2D eigenvalue weighted by Gasteiger charge is 2.13. The summed E-state index contributed by atoms with van der Waals surface area (Å²) < 4.78 is 1.47. The van der Waals surface area contributed by atoms with Gasteiger partial charge in [0.25, 0.3) is 5.95 Å². The van der Waals surface area contributed by atoms with Crippen LogP contribution in [0.3, 0.4) is 0 Å². The molecule has 0 aliphatic carbocycles. The second-order valence-corrected chi connectivity index (χ2v) is 5.13. The molecule has 0 bridgehead atoms. The van der Waals surface area contributed by atoms with Crippen LogP contribution in [0.2, 0.25) is 10.0 Å². The lowest BCUT2D eigenvalue weighted by atomic mass is 10.3. The molecule has 0 amide bonds. The Morgan fingerprint density at radius 2 is 2.16 bits per heavy atom. The number of aromatic nitrogens is 5. The molecule has 2 aromatic heterocycles. The van der Waals surface area contributed by atoms with Crippen LogP contribution in [0, 0.1) is 0 Å². The van der Waals surface area contributed by atoms with Crippen LogP contribution in [-0.4, -0.2) is 25.2 Å². The van der Waals surface area contributed by atoms with Gasteiger partial charge in [-0.1, -0.05) is 34.4 Å². The van der Waals surface area contributed by atoms with Gasteiger partial charge in [0.05, 0.1) is 15.7 Å². The Balaban J connectivity index is 2.02. The first-order valence-electron chi connectivity index (χ1n) is 5.15. The fourth-order valence-electron chi connectivity index (χ4n) is 1.46. The van der Waals surface area contributed by atoms with Crippen molar-refractivity contribution < 1.29 is 0 Å². The average molecular weight is 313 g/mol. The van der Waals surface area contributed by atoms with Gasteiger partial charge in [-0.05, 0) is 22.6 Å². The van der Waals surface area contributed by atoms with Crippen LogP contribution >= 0.6 is 34.5 Å². The third-order valence-corrected chi connectivity index (χ3v) is 3.78. The molecule has 6 nitrogen and oxygen atoms in total. The largest absolute Gasteiger partial charge is 0.299 e. The molecule has 1 aromatic carbocycles. The summed E-state index contributed by atoms with van der Waals surface area (Å²) in [4.78, 5) is 4.11. The number of hydrogen-bond acceptors (Lipinski definition) is 6. The maximum Gasteiger partial charge on any atom is 0.254 e. The smallest absolute Gasteiger partial charge is 0.254 e. The molecular weight excluding hydrogens is 307 g/mol. The zero-order valence-electron chi connectivity index (χ0n) is 9.29. The van der Waals surface area contributed by atoms with E-state index in [1.54, 1.807) is 24.4 Å². The van der Waals surface area contributed by atoms with Gasteiger partial charge in [0.15, 0.2) is 5.13 Å². The molecule has 3 aromatic rings. The van der Waals surface area contributed by atoms with Gasteiger partial charge < -0.3 is 0 Å². The number of nitrogens with zero attached hydrogens (tertiary/aromatic N) is 5. The van der Waals surface area contributed by atoms with Gasteiger partial charge in [-0.3, -0.25) is 5.32 Å². The first kappa shape index (κ1) is 12.3. The molecule has 3 rings (SSSR count). The normalized spacial score (nSPS) is 10.6. The second-order valence-electron chi connectivity index (χ2n) is 3.45. The van der Waals surface area contributed by atoms with Crippen molar-refractivity contribution in [2.75, 3.05) is 5.32 Å². The van der Waals surface area contributed by atoms with Gasteiger partial charge in [0, 0.05) is 11.6 Å². The van der Waals surface area contributed by atoms with E-state index in [1.165, 1.54) is 16.0 Å². The number of nitrogens with one attached hydrogen (secondary N) is 1. The van der Waals surface area contributed by atoms with Gasteiger partial charge in [0.1, 0.15) is 0 Å². The number of tetrazole rings is 1. The molecule has 19 heavy (non-hydrogen) atoms. The third-order valence-electron chi connectivity index (χ3n) is 2.28. The first-order chi connectivity index (χ1) is 9.25. The van der Waals surface area contributed by atoms with Crippen molar-refractivity contribution in [2.45, 2.75) is 0 Å².